The largest absolute Gasteiger partial charge is 0.0561 e. The fraction of sp³-hybridized carbons (Fsp3) is 0.721. The molecule has 0 heteroatoms. The zero-order valence-corrected chi connectivity index (χ0v) is 33.2. The van der Waals surface area contributed by atoms with Crippen LogP contribution in [0, 0.1) is 0 Å². The average molecular weight is 589 g/mol. The van der Waals surface area contributed by atoms with Crippen molar-refractivity contribution in [2.24, 2.45) is 0 Å². The Morgan fingerprint density at radius 3 is 0.791 bits per heavy atom. The third-order valence-electron chi connectivity index (χ3n) is 9.30. The Kier molecular flexibility index (Phi) is 9.42. The first-order valence-corrected chi connectivity index (χ1v) is 17.0. The molecule has 2 aromatic rings. The molecule has 0 bridgehead atoms. The first kappa shape index (κ1) is 37.6. The van der Waals surface area contributed by atoms with Gasteiger partial charge in [-0.1, -0.05) is 177 Å². The monoisotopic (exact) mass is 589 g/mol. The molecule has 0 nitrogen and oxygen atoms in total. The Labute approximate surface area is 270 Å². The lowest BCUT2D eigenvalue weighted by atomic mass is 9.58. The normalized spacial score (nSPS) is 14.9. The van der Waals surface area contributed by atoms with Gasteiger partial charge in [-0.2, -0.15) is 0 Å². The second-order valence-corrected chi connectivity index (χ2v) is 21.4. The molecule has 0 radical (unpaired) electrons. The van der Waals surface area contributed by atoms with Crippen molar-refractivity contribution in [3.63, 3.8) is 0 Å². The average Bonchev–Trinajstić information content (AvgIpc) is 2.72. The van der Waals surface area contributed by atoms with Gasteiger partial charge in [-0.3, -0.25) is 0 Å². The van der Waals surface area contributed by atoms with Crippen LogP contribution in [0.2, 0.25) is 0 Å². The molecule has 0 aliphatic rings. The van der Waals surface area contributed by atoms with E-state index < -0.39 is 0 Å². The van der Waals surface area contributed by atoms with Crippen LogP contribution in [-0.4, -0.2) is 0 Å². The van der Waals surface area contributed by atoms with Crippen LogP contribution in [0.15, 0.2) is 18.2 Å². The van der Waals surface area contributed by atoms with Crippen molar-refractivity contribution >= 4 is 0 Å². The van der Waals surface area contributed by atoms with E-state index in [1.165, 1.54) is 33.4 Å². The van der Waals surface area contributed by atoms with E-state index in [1.54, 1.807) is 16.7 Å². The Morgan fingerprint density at radius 1 is 0.256 bits per heavy atom. The fourth-order valence-corrected chi connectivity index (χ4v) is 7.14. The summed E-state index contributed by atoms with van der Waals surface area (Å²) in [6, 6.07) is 7.77. The van der Waals surface area contributed by atoms with Crippen molar-refractivity contribution in [3.8, 4) is 0 Å². The van der Waals surface area contributed by atoms with Crippen LogP contribution in [0.1, 0.15) is 209 Å². The van der Waals surface area contributed by atoms with Gasteiger partial charge in [0, 0.05) is 5.41 Å². The molecule has 0 aromatic heterocycles. The zero-order chi connectivity index (χ0) is 34.3. The van der Waals surface area contributed by atoms with Crippen LogP contribution in [0.3, 0.4) is 0 Å². The van der Waals surface area contributed by atoms with E-state index in [0.29, 0.717) is 0 Å². The Balaban J connectivity index is 3.51. The minimum atomic E-state index is -0.222. The van der Waals surface area contributed by atoms with E-state index in [9.17, 15) is 0 Å². The van der Waals surface area contributed by atoms with Gasteiger partial charge in [-0.25, -0.2) is 0 Å². The minimum Gasteiger partial charge on any atom is -0.0561 e. The lowest BCUT2D eigenvalue weighted by molar-refractivity contribution is 0.458. The molecule has 0 heterocycles. The van der Waals surface area contributed by atoms with Crippen molar-refractivity contribution < 1.29 is 0 Å². The molecule has 2 rings (SSSR count). The second-order valence-electron chi connectivity index (χ2n) is 21.4. The lowest BCUT2D eigenvalue weighted by Gasteiger charge is -2.46. The van der Waals surface area contributed by atoms with Crippen LogP contribution >= 0.6 is 0 Å². The summed E-state index contributed by atoms with van der Waals surface area (Å²) in [5.74, 6) is 0. The molecule has 0 aliphatic heterocycles. The first-order chi connectivity index (χ1) is 18.5. The van der Waals surface area contributed by atoms with Crippen molar-refractivity contribution in [2.45, 2.75) is 203 Å². The van der Waals surface area contributed by atoms with Crippen molar-refractivity contribution in [2.75, 3.05) is 0 Å². The molecular weight excluding hydrogens is 516 g/mol. The van der Waals surface area contributed by atoms with Crippen molar-refractivity contribution in [3.05, 3.63) is 68.3 Å². The van der Waals surface area contributed by atoms with Crippen LogP contribution in [0.4, 0.5) is 0 Å². The molecule has 0 aliphatic carbocycles. The predicted octanol–water partition coefficient (Wildman–Crippen LogP) is 13.1. The molecular formula is C43H72. The molecule has 0 unspecified atom stereocenters. The molecule has 43 heavy (non-hydrogen) atoms. The number of hydrogen-bond acceptors (Lipinski definition) is 0. The Bertz CT molecular complexity index is 1290. The number of hydrogen-bond donors (Lipinski definition) is 0. The van der Waals surface area contributed by atoms with E-state index in [0.717, 1.165) is 0 Å². The molecule has 0 saturated heterocycles. The molecule has 0 saturated carbocycles. The molecule has 0 spiro atoms. The maximum Gasteiger partial charge on any atom is 0.0155 e. The zero-order valence-electron chi connectivity index (χ0n) is 33.2. The van der Waals surface area contributed by atoms with Crippen LogP contribution in [0.25, 0.3) is 0 Å². The number of benzene rings is 2. The van der Waals surface area contributed by atoms with Gasteiger partial charge in [0.2, 0.25) is 0 Å². The summed E-state index contributed by atoms with van der Waals surface area (Å²) in [6.07, 6.45) is 0. The maximum atomic E-state index is 2.66. The van der Waals surface area contributed by atoms with Crippen LogP contribution < -0.4 is 0 Å². The highest BCUT2D eigenvalue weighted by Crippen LogP contribution is 2.53. The molecule has 244 valence electrons. The lowest BCUT2D eigenvalue weighted by Crippen LogP contribution is -2.38. The van der Waals surface area contributed by atoms with E-state index >= 15 is 0 Å². The summed E-state index contributed by atoms with van der Waals surface area (Å²) in [6.45, 7) is 55.8. The fourth-order valence-electron chi connectivity index (χ4n) is 7.14. The molecule has 2 aromatic carbocycles. The highest BCUT2D eigenvalue weighted by atomic mass is 14.5. The van der Waals surface area contributed by atoms with Gasteiger partial charge in [-0.15, -0.1) is 0 Å². The third-order valence-corrected chi connectivity index (χ3v) is 9.30. The number of rotatable bonds is 2. The highest BCUT2D eigenvalue weighted by molar-refractivity contribution is 5.62. The van der Waals surface area contributed by atoms with Crippen LogP contribution in [0.5, 0.6) is 0 Å². The van der Waals surface area contributed by atoms with E-state index in [2.05, 4.69) is 177 Å². The highest BCUT2D eigenvalue weighted by Gasteiger charge is 2.44. The van der Waals surface area contributed by atoms with E-state index in [-0.39, 0.29) is 43.3 Å². The van der Waals surface area contributed by atoms with Gasteiger partial charge in [0.05, 0.1) is 0 Å². The molecule has 0 amide bonds. The summed E-state index contributed by atoms with van der Waals surface area (Å²) < 4.78 is 0. The van der Waals surface area contributed by atoms with Gasteiger partial charge in [0.25, 0.3) is 0 Å². The minimum absolute atomic E-state index is 0.000817. The third kappa shape index (κ3) is 7.64. The molecule has 0 fully saturated rings. The SMILES string of the molecule is CC(C)(C)c1cc(C(C)(C)C)c(C(C)(C)c2cc(C(C)(C)C)c(C(C)(C)C)c(C(C)(C)C)c2C(C)(C)C)c(C(C)(C)C)c1. The smallest absolute Gasteiger partial charge is 0.0155 e. The topological polar surface area (TPSA) is 0 Å². The summed E-state index contributed by atoms with van der Waals surface area (Å²) >= 11 is 0. The summed E-state index contributed by atoms with van der Waals surface area (Å²) in [7, 11) is 0. The van der Waals surface area contributed by atoms with Gasteiger partial charge >= 0.3 is 0 Å². The molecule has 0 atom stereocenters. The molecule has 0 N–H and O–H groups in total. The van der Waals surface area contributed by atoms with Crippen LogP contribution in [-0.2, 0) is 43.3 Å². The first-order valence-electron chi connectivity index (χ1n) is 17.0. The van der Waals surface area contributed by atoms with Gasteiger partial charge in [0.1, 0.15) is 0 Å². The summed E-state index contributed by atoms with van der Waals surface area (Å²) in [5.41, 5.74) is 13.5. The van der Waals surface area contributed by atoms with Crippen molar-refractivity contribution in [1.82, 2.24) is 0 Å². The van der Waals surface area contributed by atoms with Crippen molar-refractivity contribution in [1.29, 1.82) is 0 Å². The van der Waals surface area contributed by atoms with Gasteiger partial charge in [0.15, 0.2) is 0 Å². The second kappa shape index (κ2) is 10.8. The standard InChI is InChI=1S/C43H72/c1-36(2,3)27-24-28(37(4,5)6)32(29(25-27)38(7,8)9)43(22,23)31-26-30(39(10,11)12)33(40(13,14)15)35(42(19,20)21)34(31)41(16,17)18/h24-26H,1-23H3. The van der Waals surface area contributed by atoms with Gasteiger partial charge < -0.3 is 0 Å². The quantitative estimate of drug-likeness (QED) is 0.327. The summed E-state index contributed by atoms with van der Waals surface area (Å²) in [4.78, 5) is 0. The summed E-state index contributed by atoms with van der Waals surface area (Å²) in [5, 5.41) is 0. The van der Waals surface area contributed by atoms with E-state index in [4.69, 9.17) is 0 Å². The Morgan fingerprint density at radius 2 is 0.535 bits per heavy atom. The Hall–Kier alpha value is -1.56. The predicted molar refractivity (Wildman–Crippen MR) is 196 cm³/mol. The van der Waals surface area contributed by atoms with Gasteiger partial charge in [-0.05, 0) is 88.0 Å². The maximum absolute atomic E-state index is 2.66. The van der Waals surface area contributed by atoms with E-state index in [1.807, 2.05) is 0 Å².